The molecule has 1 saturated heterocycles. The van der Waals surface area contributed by atoms with Gasteiger partial charge in [0.15, 0.2) is 0 Å². The maximum absolute atomic E-state index is 12.8. The number of aliphatic carboxylic acids is 1. The van der Waals surface area contributed by atoms with Crippen LogP contribution in [0.3, 0.4) is 0 Å². The molecule has 30 heavy (non-hydrogen) atoms. The molecule has 2 fully saturated rings. The number of benzene rings is 1. The summed E-state index contributed by atoms with van der Waals surface area (Å²) in [5.74, 6) is -1.09. The number of carboxylic acid groups (broad SMARTS) is 1. The highest BCUT2D eigenvalue weighted by atomic mass is 35.5. The van der Waals surface area contributed by atoms with Gasteiger partial charge in [-0.2, -0.15) is 0 Å². The van der Waals surface area contributed by atoms with Crippen LogP contribution >= 0.6 is 11.6 Å². The number of amides is 1. The topological polar surface area (TPSA) is 88.1 Å². The van der Waals surface area contributed by atoms with E-state index in [-0.39, 0.29) is 18.4 Å². The third kappa shape index (κ3) is 3.44. The first kappa shape index (κ1) is 21.0. The monoisotopic (exact) mass is 434 g/mol. The quantitative estimate of drug-likeness (QED) is 0.747. The standard InChI is InChI=1S/C22H27ClN2O5/c1-19(2,3)29-18(28)25-13-21(12-20(25,4)17(26)27)11-16(24-30-21)22(9-10-22)14-5-7-15(23)8-6-14/h5-8,11,24H,9-10,12-13H2,1-4H3,(H,26,27)/t20-,21+/m0/s1. The lowest BCUT2D eigenvalue weighted by Gasteiger charge is -2.32. The van der Waals surface area contributed by atoms with Gasteiger partial charge in [-0.1, -0.05) is 23.7 Å². The zero-order chi connectivity index (χ0) is 21.9. The zero-order valence-electron chi connectivity index (χ0n) is 17.6. The summed E-state index contributed by atoms with van der Waals surface area (Å²) < 4.78 is 5.47. The van der Waals surface area contributed by atoms with Gasteiger partial charge in [-0.15, -0.1) is 0 Å². The second-order valence-corrected chi connectivity index (χ2v) is 10.2. The molecule has 2 heterocycles. The molecule has 1 aromatic rings. The number of carbonyl (C=O) groups excluding carboxylic acids is 1. The number of nitrogens with zero attached hydrogens (tertiary/aromatic N) is 1. The van der Waals surface area contributed by atoms with Crippen molar-refractivity contribution in [2.45, 2.75) is 69.1 Å². The van der Waals surface area contributed by atoms with Crippen LogP contribution in [-0.2, 0) is 19.8 Å². The van der Waals surface area contributed by atoms with Crippen molar-refractivity contribution in [3.8, 4) is 0 Å². The minimum absolute atomic E-state index is 0.0951. The number of hydrogen-bond donors (Lipinski definition) is 2. The van der Waals surface area contributed by atoms with Crippen molar-refractivity contribution in [3.63, 3.8) is 0 Å². The Labute approximate surface area is 180 Å². The Morgan fingerprint density at radius 1 is 1.23 bits per heavy atom. The zero-order valence-corrected chi connectivity index (χ0v) is 18.4. The Morgan fingerprint density at radius 2 is 1.87 bits per heavy atom. The van der Waals surface area contributed by atoms with Gasteiger partial charge in [0.2, 0.25) is 0 Å². The minimum Gasteiger partial charge on any atom is -0.480 e. The average Bonchev–Trinajstić information content (AvgIpc) is 3.25. The molecule has 1 spiro atoms. The van der Waals surface area contributed by atoms with Crippen LogP contribution < -0.4 is 5.48 Å². The van der Waals surface area contributed by atoms with Crippen LogP contribution in [0.25, 0.3) is 0 Å². The molecule has 3 aliphatic rings. The Kier molecular flexibility index (Phi) is 4.64. The molecule has 2 aliphatic heterocycles. The van der Waals surface area contributed by atoms with Crippen molar-refractivity contribution >= 4 is 23.7 Å². The second kappa shape index (κ2) is 6.62. The summed E-state index contributed by atoms with van der Waals surface area (Å²) in [4.78, 5) is 32.2. The Morgan fingerprint density at radius 3 is 2.40 bits per heavy atom. The molecular weight excluding hydrogens is 408 g/mol. The summed E-state index contributed by atoms with van der Waals surface area (Å²) >= 11 is 6.03. The van der Waals surface area contributed by atoms with Crippen molar-refractivity contribution in [1.29, 1.82) is 0 Å². The normalized spacial score (nSPS) is 29.5. The molecule has 0 unspecified atom stereocenters. The molecule has 0 radical (unpaired) electrons. The lowest BCUT2D eigenvalue weighted by molar-refractivity contribution is -0.148. The number of rotatable bonds is 3. The molecule has 2 atom stereocenters. The smallest absolute Gasteiger partial charge is 0.411 e. The van der Waals surface area contributed by atoms with Crippen molar-refractivity contribution in [2.24, 2.45) is 0 Å². The van der Waals surface area contributed by atoms with E-state index >= 15 is 0 Å². The van der Waals surface area contributed by atoms with Crippen molar-refractivity contribution in [1.82, 2.24) is 10.4 Å². The highest BCUT2D eigenvalue weighted by molar-refractivity contribution is 6.30. The fourth-order valence-electron chi connectivity index (χ4n) is 4.44. The largest absolute Gasteiger partial charge is 0.480 e. The van der Waals surface area contributed by atoms with Gasteiger partial charge in [-0.25, -0.2) is 9.59 Å². The van der Waals surface area contributed by atoms with Crippen LogP contribution in [0.5, 0.6) is 0 Å². The van der Waals surface area contributed by atoms with Crippen LogP contribution in [0.15, 0.2) is 36.0 Å². The highest BCUT2D eigenvalue weighted by Gasteiger charge is 2.61. The van der Waals surface area contributed by atoms with Crippen LogP contribution in [-0.4, -0.2) is 45.4 Å². The molecule has 7 nitrogen and oxygen atoms in total. The molecule has 0 aromatic heterocycles. The molecule has 2 N–H and O–H groups in total. The molecule has 1 amide bonds. The fourth-order valence-corrected chi connectivity index (χ4v) is 4.56. The summed E-state index contributed by atoms with van der Waals surface area (Å²) in [7, 11) is 0. The maximum Gasteiger partial charge on any atom is 0.411 e. The van der Waals surface area contributed by atoms with Crippen LogP contribution in [0.1, 0.15) is 52.5 Å². The predicted octanol–water partition coefficient (Wildman–Crippen LogP) is 4.01. The van der Waals surface area contributed by atoms with E-state index < -0.39 is 28.8 Å². The van der Waals surface area contributed by atoms with Crippen molar-refractivity contribution < 1.29 is 24.3 Å². The number of ether oxygens (including phenoxy) is 1. The van der Waals surface area contributed by atoms with Crippen LogP contribution in [0.4, 0.5) is 4.79 Å². The van der Waals surface area contributed by atoms with Crippen LogP contribution in [0.2, 0.25) is 5.02 Å². The number of carboxylic acids is 1. The van der Waals surface area contributed by atoms with E-state index in [0.29, 0.717) is 5.02 Å². The van der Waals surface area contributed by atoms with E-state index in [4.69, 9.17) is 21.2 Å². The first-order valence-corrected chi connectivity index (χ1v) is 10.4. The van der Waals surface area contributed by atoms with Crippen molar-refractivity contribution in [2.75, 3.05) is 6.54 Å². The molecule has 1 saturated carbocycles. The number of nitrogens with one attached hydrogen (secondary N) is 1. The Balaban J connectivity index is 1.64. The van der Waals surface area contributed by atoms with Gasteiger partial charge >= 0.3 is 12.1 Å². The number of carbonyl (C=O) groups is 2. The van der Waals surface area contributed by atoms with Gasteiger partial charge in [-0.3, -0.25) is 15.2 Å². The lowest BCUT2D eigenvalue weighted by Crippen LogP contribution is -2.52. The van der Waals surface area contributed by atoms with Crippen molar-refractivity contribution in [3.05, 3.63) is 46.6 Å². The van der Waals surface area contributed by atoms with E-state index in [9.17, 15) is 14.7 Å². The summed E-state index contributed by atoms with van der Waals surface area (Å²) in [6.07, 6.45) is 3.34. The number of likely N-dealkylation sites (tertiary alicyclic amines) is 1. The highest BCUT2D eigenvalue weighted by Crippen LogP contribution is 2.56. The molecule has 4 rings (SSSR count). The van der Waals surface area contributed by atoms with Gasteiger partial charge in [0.1, 0.15) is 16.7 Å². The molecule has 0 bridgehead atoms. The summed E-state index contributed by atoms with van der Waals surface area (Å²) in [6, 6.07) is 7.74. The second-order valence-electron chi connectivity index (χ2n) is 9.74. The lowest BCUT2D eigenvalue weighted by atomic mass is 9.87. The first-order chi connectivity index (χ1) is 13.9. The van der Waals surface area contributed by atoms with E-state index in [2.05, 4.69) is 5.48 Å². The SMILES string of the molecule is CC(C)(C)OC(=O)N1C[C@@]2(C=C(C3(c4ccc(Cl)cc4)CC3)NO2)C[C@@]1(C)C(=O)O. The molecule has 8 heteroatoms. The van der Waals surface area contributed by atoms with Gasteiger partial charge in [0.25, 0.3) is 0 Å². The average molecular weight is 435 g/mol. The predicted molar refractivity (Wildman–Crippen MR) is 111 cm³/mol. The van der Waals surface area contributed by atoms with Gasteiger partial charge < -0.3 is 9.84 Å². The number of hydroxylamine groups is 1. The molecule has 1 aliphatic carbocycles. The van der Waals surface area contributed by atoms with Gasteiger partial charge in [-0.05, 0) is 64.3 Å². The number of halogens is 1. The maximum atomic E-state index is 12.8. The van der Waals surface area contributed by atoms with Gasteiger partial charge in [0.05, 0.1) is 6.54 Å². The number of allylic oxidation sites excluding steroid dienone is 1. The summed E-state index contributed by atoms with van der Waals surface area (Å²) in [6.45, 7) is 6.89. The van der Waals surface area contributed by atoms with E-state index in [1.54, 1.807) is 20.8 Å². The third-order valence-electron chi connectivity index (χ3n) is 6.17. The van der Waals surface area contributed by atoms with E-state index in [1.165, 1.54) is 11.8 Å². The van der Waals surface area contributed by atoms with E-state index in [0.717, 1.165) is 24.1 Å². The molecular formula is C22H27ClN2O5. The summed E-state index contributed by atoms with van der Waals surface area (Å²) in [5, 5.41) is 10.6. The van der Waals surface area contributed by atoms with Gasteiger partial charge in [0, 0.05) is 22.6 Å². The van der Waals surface area contributed by atoms with E-state index in [1.807, 2.05) is 30.3 Å². The fraction of sp³-hybridized carbons (Fsp3) is 0.545. The minimum atomic E-state index is -1.44. The van der Waals surface area contributed by atoms with Crippen LogP contribution in [0, 0.1) is 0 Å². The number of hydrogen-bond acceptors (Lipinski definition) is 5. The molecule has 162 valence electrons. The summed E-state index contributed by atoms with van der Waals surface area (Å²) in [5.41, 5.74) is 1.80. The third-order valence-corrected chi connectivity index (χ3v) is 6.43. The first-order valence-electron chi connectivity index (χ1n) is 10.1. The Bertz CT molecular complexity index is 918. The Hall–Kier alpha value is -2.25. The molecule has 1 aromatic carbocycles.